The third-order valence-electron chi connectivity index (χ3n) is 3.43. The van der Waals surface area contributed by atoms with Gasteiger partial charge in [0.25, 0.3) is 0 Å². The predicted octanol–water partition coefficient (Wildman–Crippen LogP) is 1.46. The van der Waals surface area contributed by atoms with Crippen molar-refractivity contribution in [2.45, 2.75) is 18.9 Å². The molecule has 0 radical (unpaired) electrons. The third kappa shape index (κ3) is 3.91. The topological polar surface area (TPSA) is 67.6 Å². The Kier molecular flexibility index (Phi) is 4.92. The minimum atomic E-state index is -0.485. The molecular weight excluding hydrogens is 261 g/mol. The zero-order chi connectivity index (χ0) is 14.5. The van der Waals surface area contributed by atoms with Crippen molar-refractivity contribution in [2.75, 3.05) is 37.8 Å². The zero-order valence-corrected chi connectivity index (χ0v) is 11.6. The maximum absolute atomic E-state index is 13.5. The molecule has 0 aliphatic carbocycles. The third-order valence-corrected chi connectivity index (χ3v) is 3.43. The molecule has 1 atom stereocenters. The van der Waals surface area contributed by atoms with Crippen LogP contribution in [0.2, 0.25) is 0 Å². The number of hydrogen-bond acceptors (Lipinski definition) is 4. The summed E-state index contributed by atoms with van der Waals surface area (Å²) in [6, 6.07) is 4.12. The highest BCUT2D eigenvalue weighted by atomic mass is 19.1. The number of hydrogen-bond donors (Lipinski definition) is 2. The summed E-state index contributed by atoms with van der Waals surface area (Å²) in [4.78, 5) is 13.9. The molecular formula is C14H20FN3O2. The number of nitrogens with one attached hydrogen (secondary N) is 1. The lowest BCUT2D eigenvalue weighted by atomic mass is 10.1. The summed E-state index contributed by atoms with van der Waals surface area (Å²) in [5, 5.41) is 2.55. The Morgan fingerprint density at radius 3 is 3.15 bits per heavy atom. The number of anilines is 2. The molecule has 1 fully saturated rings. The van der Waals surface area contributed by atoms with Crippen molar-refractivity contribution >= 4 is 17.3 Å². The van der Waals surface area contributed by atoms with Crippen LogP contribution in [0.1, 0.15) is 12.8 Å². The molecule has 20 heavy (non-hydrogen) atoms. The molecule has 2 rings (SSSR count). The van der Waals surface area contributed by atoms with Crippen LogP contribution >= 0.6 is 0 Å². The normalized spacial score (nSPS) is 19.8. The van der Waals surface area contributed by atoms with Gasteiger partial charge in [-0.3, -0.25) is 9.69 Å². The van der Waals surface area contributed by atoms with Gasteiger partial charge in [-0.15, -0.1) is 0 Å². The van der Waals surface area contributed by atoms with Gasteiger partial charge in [-0.1, -0.05) is 0 Å². The highest BCUT2D eigenvalue weighted by molar-refractivity contribution is 5.92. The second-order valence-electron chi connectivity index (χ2n) is 5.02. The highest BCUT2D eigenvalue weighted by Crippen LogP contribution is 2.18. The molecule has 1 aromatic rings. The highest BCUT2D eigenvalue weighted by Gasteiger charge is 2.21. The summed E-state index contributed by atoms with van der Waals surface area (Å²) >= 11 is 0. The number of benzene rings is 1. The summed E-state index contributed by atoms with van der Waals surface area (Å²) in [5.74, 6) is -0.729. The lowest BCUT2D eigenvalue weighted by Gasteiger charge is -2.31. The molecule has 1 heterocycles. The summed E-state index contributed by atoms with van der Waals surface area (Å²) < 4.78 is 18.8. The Morgan fingerprint density at radius 1 is 1.60 bits per heavy atom. The Morgan fingerprint density at radius 2 is 2.40 bits per heavy atom. The van der Waals surface area contributed by atoms with Crippen LogP contribution in [0.15, 0.2) is 18.2 Å². The summed E-state index contributed by atoms with van der Waals surface area (Å²) in [6.07, 6.45) is 2.18. The Labute approximate surface area is 117 Å². The zero-order valence-electron chi connectivity index (χ0n) is 11.6. The molecule has 0 saturated carbocycles. The molecule has 1 amide bonds. The van der Waals surface area contributed by atoms with Crippen LogP contribution in [0.4, 0.5) is 15.8 Å². The Balaban J connectivity index is 1.90. The average Bonchev–Trinajstić information content (AvgIpc) is 2.43. The second-order valence-corrected chi connectivity index (χ2v) is 5.02. The van der Waals surface area contributed by atoms with Crippen molar-refractivity contribution in [1.82, 2.24) is 4.90 Å². The van der Waals surface area contributed by atoms with Gasteiger partial charge in [0.15, 0.2) is 0 Å². The van der Waals surface area contributed by atoms with E-state index >= 15 is 0 Å². The standard InChI is InChI=1S/C14H20FN3O2/c1-20-11-3-2-6-18(8-11)9-14(19)17-13-7-10(16)4-5-12(13)15/h4-5,7,11H,2-3,6,8-9,16H2,1H3,(H,17,19). The number of ether oxygens (including phenoxy) is 1. The van der Waals surface area contributed by atoms with Crippen LogP contribution in [0.3, 0.4) is 0 Å². The summed E-state index contributed by atoms with van der Waals surface area (Å²) in [6.45, 7) is 1.81. The minimum absolute atomic E-state index is 0.121. The number of piperidine rings is 1. The summed E-state index contributed by atoms with van der Waals surface area (Å²) in [5.41, 5.74) is 6.12. The van der Waals surface area contributed by atoms with Crippen molar-refractivity contribution in [3.8, 4) is 0 Å². The molecule has 110 valence electrons. The number of likely N-dealkylation sites (tertiary alicyclic amines) is 1. The van der Waals surface area contributed by atoms with E-state index in [4.69, 9.17) is 10.5 Å². The first-order chi connectivity index (χ1) is 9.58. The van der Waals surface area contributed by atoms with Gasteiger partial charge in [0.1, 0.15) is 5.82 Å². The number of carbonyl (C=O) groups is 1. The fraction of sp³-hybridized carbons (Fsp3) is 0.500. The number of nitrogen functional groups attached to an aromatic ring is 1. The molecule has 1 aliphatic heterocycles. The van der Waals surface area contributed by atoms with Gasteiger partial charge in [0, 0.05) is 19.3 Å². The number of amides is 1. The van der Waals surface area contributed by atoms with Crippen molar-refractivity contribution < 1.29 is 13.9 Å². The van der Waals surface area contributed by atoms with Crippen LogP contribution in [-0.2, 0) is 9.53 Å². The van der Waals surface area contributed by atoms with Gasteiger partial charge in [-0.25, -0.2) is 4.39 Å². The number of rotatable bonds is 4. The van der Waals surface area contributed by atoms with Crippen molar-refractivity contribution in [3.05, 3.63) is 24.0 Å². The smallest absolute Gasteiger partial charge is 0.238 e. The van der Waals surface area contributed by atoms with Crippen LogP contribution < -0.4 is 11.1 Å². The van der Waals surface area contributed by atoms with Crippen LogP contribution in [0.5, 0.6) is 0 Å². The van der Waals surface area contributed by atoms with Gasteiger partial charge < -0.3 is 15.8 Å². The fourth-order valence-corrected chi connectivity index (χ4v) is 2.38. The van der Waals surface area contributed by atoms with Crippen molar-refractivity contribution in [2.24, 2.45) is 0 Å². The molecule has 1 aromatic carbocycles. The van der Waals surface area contributed by atoms with E-state index in [2.05, 4.69) is 5.32 Å². The Hall–Kier alpha value is -1.66. The predicted molar refractivity (Wildman–Crippen MR) is 75.9 cm³/mol. The molecule has 6 heteroatoms. The van der Waals surface area contributed by atoms with Gasteiger partial charge >= 0.3 is 0 Å². The van der Waals surface area contributed by atoms with E-state index in [1.54, 1.807) is 7.11 Å². The van der Waals surface area contributed by atoms with Crippen molar-refractivity contribution in [3.63, 3.8) is 0 Å². The SMILES string of the molecule is COC1CCCN(CC(=O)Nc2cc(N)ccc2F)C1. The number of halogens is 1. The first-order valence-corrected chi connectivity index (χ1v) is 6.68. The molecule has 0 aromatic heterocycles. The van der Waals surface area contributed by atoms with Gasteiger partial charge in [-0.05, 0) is 37.6 Å². The van der Waals surface area contributed by atoms with Crippen LogP contribution in [0, 0.1) is 5.82 Å². The monoisotopic (exact) mass is 281 g/mol. The first kappa shape index (κ1) is 14.7. The van der Waals surface area contributed by atoms with E-state index in [0.29, 0.717) is 5.69 Å². The van der Waals surface area contributed by atoms with E-state index in [1.165, 1.54) is 18.2 Å². The van der Waals surface area contributed by atoms with E-state index in [9.17, 15) is 9.18 Å². The van der Waals surface area contributed by atoms with Crippen molar-refractivity contribution in [1.29, 1.82) is 0 Å². The number of nitrogens with two attached hydrogens (primary N) is 1. The molecule has 3 N–H and O–H groups in total. The quantitative estimate of drug-likeness (QED) is 0.820. The number of carbonyl (C=O) groups excluding carboxylic acids is 1. The number of methoxy groups -OCH3 is 1. The molecule has 0 spiro atoms. The minimum Gasteiger partial charge on any atom is -0.399 e. The molecule has 0 bridgehead atoms. The first-order valence-electron chi connectivity index (χ1n) is 6.68. The molecule has 5 nitrogen and oxygen atoms in total. The maximum Gasteiger partial charge on any atom is 0.238 e. The van der Waals surface area contributed by atoms with E-state index in [-0.39, 0.29) is 24.2 Å². The number of nitrogens with zero attached hydrogens (tertiary/aromatic N) is 1. The lowest BCUT2D eigenvalue weighted by molar-refractivity contribution is -0.118. The van der Waals surface area contributed by atoms with Gasteiger partial charge in [-0.2, -0.15) is 0 Å². The molecule has 1 saturated heterocycles. The van der Waals surface area contributed by atoms with Gasteiger partial charge in [0.05, 0.1) is 18.3 Å². The maximum atomic E-state index is 13.5. The fourth-order valence-electron chi connectivity index (χ4n) is 2.38. The van der Waals surface area contributed by atoms with Gasteiger partial charge in [0.2, 0.25) is 5.91 Å². The van der Waals surface area contributed by atoms with Crippen LogP contribution in [0.25, 0.3) is 0 Å². The largest absolute Gasteiger partial charge is 0.399 e. The molecule has 1 unspecified atom stereocenters. The van der Waals surface area contributed by atoms with E-state index < -0.39 is 5.82 Å². The average molecular weight is 281 g/mol. The van der Waals surface area contributed by atoms with E-state index in [1.807, 2.05) is 4.90 Å². The Bertz CT molecular complexity index is 481. The van der Waals surface area contributed by atoms with E-state index in [0.717, 1.165) is 25.9 Å². The second kappa shape index (κ2) is 6.67. The van der Waals surface area contributed by atoms with Crippen LogP contribution in [-0.4, -0.2) is 43.7 Å². The summed E-state index contributed by atoms with van der Waals surface area (Å²) in [7, 11) is 1.68. The molecule has 1 aliphatic rings. The lowest BCUT2D eigenvalue weighted by Crippen LogP contribution is -2.43.